The molecule has 2 rings (SSSR count). The van der Waals surface area contributed by atoms with Crippen LogP contribution in [-0.2, 0) is 9.53 Å². The molecule has 1 aromatic heterocycles. The molecule has 1 saturated carbocycles. The third kappa shape index (κ3) is 3.32. The van der Waals surface area contributed by atoms with Crippen molar-refractivity contribution in [1.29, 1.82) is 0 Å². The average molecular weight is 250 g/mol. The maximum atomic E-state index is 11.0. The maximum absolute atomic E-state index is 11.0. The molecule has 0 atom stereocenters. The molecule has 1 aliphatic carbocycles. The Morgan fingerprint density at radius 1 is 1.44 bits per heavy atom. The highest BCUT2D eigenvalue weighted by Gasteiger charge is 2.27. The van der Waals surface area contributed by atoms with Crippen LogP contribution in [0, 0.1) is 0 Å². The number of methoxy groups -OCH3 is 1. The zero-order chi connectivity index (χ0) is 13.0. The summed E-state index contributed by atoms with van der Waals surface area (Å²) < 4.78 is 4.58. The van der Waals surface area contributed by atoms with Crippen molar-refractivity contribution in [2.45, 2.75) is 25.2 Å². The van der Waals surface area contributed by atoms with Crippen LogP contribution in [0.4, 0.5) is 11.6 Å². The third-order valence-corrected chi connectivity index (χ3v) is 2.80. The fraction of sp³-hybridized carbons (Fsp3) is 0.583. The molecule has 2 N–H and O–H groups in total. The second kappa shape index (κ2) is 5.66. The van der Waals surface area contributed by atoms with Crippen LogP contribution >= 0.6 is 0 Å². The topological polar surface area (TPSA) is 76.1 Å². The molecule has 6 nitrogen and oxygen atoms in total. The molecule has 0 aliphatic heterocycles. The predicted octanol–water partition coefficient (Wildman–Crippen LogP) is 1.37. The molecule has 0 saturated heterocycles. The molecule has 0 amide bonds. The van der Waals surface area contributed by atoms with Crippen molar-refractivity contribution in [3.05, 3.63) is 11.9 Å². The molecule has 0 unspecified atom stereocenters. The Hall–Kier alpha value is -1.85. The minimum atomic E-state index is -0.229. The van der Waals surface area contributed by atoms with Gasteiger partial charge >= 0.3 is 5.97 Å². The van der Waals surface area contributed by atoms with E-state index in [0.717, 1.165) is 30.3 Å². The van der Waals surface area contributed by atoms with Crippen molar-refractivity contribution in [2.24, 2.45) is 0 Å². The lowest BCUT2D eigenvalue weighted by molar-refractivity contribution is -0.140. The fourth-order valence-corrected chi connectivity index (χ4v) is 1.60. The average Bonchev–Trinajstić information content (AvgIpc) is 3.22. The van der Waals surface area contributed by atoms with Gasteiger partial charge in [0.15, 0.2) is 0 Å². The molecule has 18 heavy (non-hydrogen) atoms. The summed E-state index contributed by atoms with van der Waals surface area (Å²) in [6.07, 6.45) is 2.65. The number of carbonyl (C=O) groups is 1. The lowest BCUT2D eigenvalue weighted by Gasteiger charge is -2.09. The standard InChI is InChI=1S/C12H18N4O2/c1-13-9-7-10(14-6-5-11(17)18-2)16-12(15-9)8-3-4-8/h7-8H,3-6H2,1-2H3,(H2,13,14,15,16). The maximum Gasteiger partial charge on any atom is 0.307 e. The molecule has 1 fully saturated rings. The SMILES string of the molecule is CNc1cc(NCCC(=O)OC)nc(C2CC2)n1. The number of ether oxygens (including phenoxy) is 1. The van der Waals surface area contributed by atoms with Crippen LogP contribution in [0.25, 0.3) is 0 Å². The van der Waals surface area contributed by atoms with Gasteiger partial charge in [-0.2, -0.15) is 0 Å². The third-order valence-electron chi connectivity index (χ3n) is 2.80. The van der Waals surface area contributed by atoms with Crippen molar-refractivity contribution in [3.63, 3.8) is 0 Å². The molecule has 1 aliphatic rings. The van der Waals surface area contributed by atoms with Gasteiger partial charge in [0.2, 0.25) is 0 Å². The lowest BCUT2D eigenvalue weighted by Crippen LogP contribution is -2.12. The molecule has 0 radical (unpaired) electrons. The number of nitrogens with zero attached hydrogens (tertiary/aromatic N) is 2. The van der Waals surface area contributed by atoms with E-state index in [9.17, 15) is 4.79 Å². The van der Waals surface area contributed by atoms with Crippen molar-refractivity contribution >= 4 is 17.6 Å². The van der Waals surface area contributed by atoms with Crippen molar-refractivity contribution in [1.82, 2.24) is 9.97 Å². The highest BCUT2D eigenvalue weighted by Crippen LogP contribution is 2.38. The number of esters is 1. The van der Waals surface area contributed by atoms with E-state index < -0.39 is 0 Å². The first kappa shape index (κ1) is 12.6. The molecule has 1 aromatic rings. The molecular weight excluding hydrogens is 232 g/mol. The fourth-order valence-electron chi connectivity index (χ4n) is 1.60. The summed E-state index contributed by atoms with van der Waals surface area (Å²) in [5.41, 5.74) is 0. The molecule has 6 heteroatoms. The number of aromatic nitrogens is 2. The minimum Gasteiger partial charge on any atom is -0.469 e. The van der Waals surface area contributed by atoms with Gasteiger partial charge in [-0.1, -0.05) is 0 Å². The number of hydrogen-bond donors (Lipinski definition) is 2. The second-order valence-electron chi connectivity index (χ2n) is 4.27. The lowest BCUT2D eigenvalue weighted by atomic mass is 10.3. The van der Waals surface area contributed by atoms with Gasteiger partial charge in [-0.15, -0.1) is 0 Å². The van der Waals surface area contributed by atoms with E-state index in [0.29, 0.717) is 18.9 Å². The summed E-state index contributed by atoms with van der Waals surface area (Å²) in [4.78, 5) is 19.9. The van der Waals surface area contributed by atoms with E-state index in [1.54, 1.807) is 0 Å². The van der Waals surface area contributed by atoms with Crippen LogP contribution in [0.3, 0.4) is 0 Å². The highest BCUT2D eigenvalue weighted by atomic mass is 16.5. The molecule has 1 heterocycles. The molecule has 98 valence electrons. The zero-order valence-electron chi connectivity index (χ0n) is 10.7. The molecule has 0 bridgehead atoms. The Bertz CT molecular complexity index is 432. The summed E-state index contributed by atoms with van der Waals surface area (Å²) in [7, 11) is 3.22. The van der Waals surface area contributed by atoms with Crippen molar-refractivity contribution in [3.8, 4) is 0 Å². The van der Waals surface area contributed by atoms with Gasteiger partial charge in [0.05, 0.1) is 13.5 Å². The Balaban J connectivity index is 1.98. The van der Waals surface area contributed by atoms with E-state index in [2.05, 4.69) is 25.3 Å². The Morgan fingerprint density at radius 3 is 2.78 bits per heavy atom. The van der Waals surface area contributed by atoms with Gasteiger partial charge < -0.3 is 15.4 Å². The van der Waals surface area contributed by atoms with Crippen molar-refractivity contribution < 1.29 is 9.53 Å². The largest absolute Gasteiger partial charge is 0.469 e. The van der Waals surface area contributed by atoms with Crippen molar-refractivity contribution in [2.75, 3.05) is 31.3 Å². The van der Waals surface area contributed by atoms with Crippen LogP contribution < -0.4 is 10.6 Å². The first-order chi connectivity index (χ1) is 8.72. The quantitative estimate of drug-likeness (QED) is 0.743. The minimum absolute atomic E-state index is 0.229. The smallest absolute Gasteiger partial charge is 0.307 e. The Labute approximate surface area is 106 Å². The summed E-state index contributed by atoms with van der Waals surface area (Å²) in [5, 5.41) is 6.13. The molecular formula is C12H18N4O2. The van der Waals surface area contributed by atoms with E-state index in [4.69, 9.17) is 0 Å². The van der Waals surface area contributed by atoms with Crippen LogP contribution in [0.1, 0.15) is 31.0 Å². The summed E-state index contributed by atoms with van der Waals surface area (Å²) in [5.74, 6) is 2.70. The number of anilines is 2. The highest BCUT2D eigenvalue weighted by molar-refractivity contribution is 5.69. The van der Waals surface area contributed by atoms with Gasteiger partial charge in [0.25, 0.3) is 0 Å². The van der Waals surface area contributed by atoms with Gasteiger partial charge in [-0.05, 0) is 12.8 Å². The normalized spacial score (nSPS) is 14.1. The predicted molar refractivity (Wildman–Crippen MR) is 68.7 cm³/mol. The van der Waals surface area contributed by atoms with Crippen LogP contribution in [0.15, 0.2) is 6.07 Å². The van der Waals surface area contributed by atoms with E-state index >= 15 is 0 Å². The summed E-state index contributed by atoms with van der Waals surface area (Å²) in [6.45, 7) is 0.511. The summed E-state index contributed by atoms with van der Waals surface area (Å²) in [6, 6.07) is 1.84. The van der Waals surface area contributed by atoms with Gasteiger partial charge in [-0.3, -0.25) is 4.79 Å². The van der Waals surface area contributed by atoms with E-state index in [1.165, 1.54) is 7.11 Å². The number of rotatable bonds is 6. The van der Waals surface area contributed by atoms with E-state index in [-0.39, 0.29) is 5.97 Å². The number of nitrogens with one attached hydrogen (secondary N) is 2. The second-order valence-corrected chi connectivity index (χ2v) is 4.27. The number of carbonyl (C=O) groups excluding carboxylic acids is 1. The van der Waals surface area contributed by atoms with E-state index in [1.807, 2.05) is 13.1 Å². The first-order valence-electron chi connectivity index (χ1n) is 6.10. The van der Waals surface area contributed by atoms with Gasteiger partial charge in [-0.25, -0.2) is 9.97 Å². The first-order valence-corrected chi connectivity index (χ1v) is 6.10. The van der Waals surface area contributed by atoms with Crippen LogP contribution in [0.2, 0.25) is 0 Å². The van der Waals surface area contributed by atoms with Crippen LogP contribution in [-0.4, -0.2) is 36.6 Å². The Morgan fingerprint density at radius 2 is 2.17 bits per heavy atom. The molecule has 0 spiro atoms. The Kier molecular flexibility index (Phi) is 3.96. The van der Waals surface area contributed by atoms with Crippen LogP contribution in [0.5, 0.6) is 0 Å². The monoisotopic (exact) mass is 250 g/mol. The van der Waals surface area contributed by atoms with Gasteiger partial charge in [0, 0.05) is 25.6 Å². The summed E-state index contributed by atoms with van der Waals surface area (Å²) >= 11 is 0. The zero-order valence-corrected chi connectivity index (χ0v) is 10.7. The molecule has 0 aromatic carbocycles. The number of hydrogen-bond acceptors (Lipinski definition) is 6. The van der Waals surface area contributed by atoms with Gasteiger partial charge in [0.1, 0.15) is 17.5 Å².